The lowest BCUT2D eigenvalue weighted by molar-refractivity contribution is 0.0949. The number of aromatic nitrogens is 1. The van der Waals surface area contributed by atoms with Crippen molar-refractivity contribution in [3.8, 4) is 5.88 Å². The lowest BCUT2D eigenvalue weighted by Crippen LogP contribution is -2.27. The fourth-order valence-corrected chi connectivity index (χ4v) is 2.04. The molecule has 0 aliphatic heterocycles. The molecule has 1 amide bonds. The first-order valence-electron chi connectivity index (χ1n) is 7.95. The van der Waals surface area contributed by atoms with Crippen molar-refractivity contribution in [3.63, 3.8) is 0 Å². The minimum Gasteiger partial charge on any atom is -0.473 e. The number of hydrogen-bond acceptors (Lipinski definition) is 3. The minimum atomic E-state index is -0.300. The van der Waals surface area contributed by atoms with E-state index < -0.39 is 0 Å². The van der Waals surface area contributed by atoms with Crippen LogP contribution < -0.4 is 10.1 Å². The van der Waals surface area contributed by atoms with Crippen LogP contribution in [0.5, 0.6) is 5.88 Å². The molecule has 1 aromatic heterocycles. The number of pyridine rings is 1. The number of amides is 1. The maximum atomic E-state index is 13.1. The molecule has 24 heavy (non-hydrogen) atoms. The molecule has 0 atom stereocenters. The second kappa shape index (κ2) is 7.90. The normalized spacial score (nSPS) is 11.2. The Balaban J connectivity index is 1.85. The van der Waals surface area contributed by atoms with Gasteiger partial charge in [0.25, 0.3) is 5.91 Å². The molecule has 0 saturated heterocycles. The van der Waals surface area contributed by atoms with E-state index in [2.05, 4.69) is 31.1 Å². The molecule has 0 spiro atoms. The molecule has 0 aliphatic rings. The van der Waals surface area contributed by atoms with Crippen LogP contribution in [0.25, 0.3) is 0 Å². The molecule has 0 aliphatic carbocycles. The van der Waals surface area contributed by atoms with E-state index in [1.54, 1.807) is 24.3 Å². The molecule has 0 bridgehead atoms. The lowest BCUT2D eigenvalue weighted by Gasteiger charge is -2.17. The van der Waals surface area contributed by atoms with Crippen LogP contribution in [0.2, 0.25) is 0 Å². The van der Waals surface area contributed by atoms with Gasteiger partial charge in [0.2, 0.25) is 5.88 Å². The summed E-state index contributed by atoms with van der Waals surface area (Å²) in [7, 11) is 0. The lowest BCUT2D eigenvalue weighted by atomic mass is 9.92. The average molecular weight is 330 g/mol. The van der Waals surface area contributed by atoms with Crippen LogP contribution in [-0.2, 0) is 6.61 Å². The number of benzene rings is 1. The molecule has 1 aromatic carbocycles. The highest BCUT2D eigenvalue weighted by Crippen LogP contribution is 2.17. The number of carbonyl (C=O) groups is 1. The third-order valence-electron chi connectivity index (χ3n) is 3.43. The van der Waals surface area contributed by atoms with Gasteiger partial charge in [-0.05, 0) is 35.6 Å². The zero-order valence-corrected chi connectivity index (χ0v) is 14.3. The molecule has 5 heteroatoms. The Morgan fingerprint density at radius 2 is 2.04 bits per heavy atom. The highest BCUT2D eigenvalue weighted by atomic mass is 19.1. The van der Waals surface area contributed by atoms with E-state index in [9.17, 15) is 9.18 Å². The van der Waals surface area contributed by atoms with Gasteiger partial charge >= 0.3 is 0 Å². The van der Waals surface area contributed by atoms with Crippen LogP contribution in [0.3, 0.4) is 0 Å². The van der Waals surface area contributed by atoms with Gasteiger partial charge in [-0.2, -0.15) is 0 Å². The van der Waals surface area contributed by atoms with Gasteiger partial charge in [0.05, 0.1) is 5.56 Å². The summed E-state index contributed by atoms with van der Waals surface area (Å²) < 4.78 is 18.6. The van der Waals surface area contributed by atoms with E-state index in [1.165, 1.54) is 18.3 Å². The molecule has 1 N–H and O–H groups in total. The second-order valence-corrected chi connectivity index (χ2v) is 6.87. The van der Waals surface area contributed by atoms with E-state index in [0.717, 1.165) is 12.0 Å². The first-order chi connectivity index (χ1) is 11.3. The SMILES string of the molecule is CC(C)(C)CCNC(=O)c1ccc(OCc2cccc(F)c2)nc1. The summed E-state index contributed by atoms with van der Waals surface area (Å²) in [6.07, 6.45) is 2.38. The Morgan fingerprint density at radius 1 is 1.25 bits per heavy atom. The van der Waals surface area contributed by atoms with Crippen LogP contribution in [0, 0.1) is 11.2 Å². The van der Waals surface area contributed by atoms with Gasteiger partial charge in [-0.15, -0.1) is 0 Å². The molecule has 2 aromatic rings. The van der Waals surface area contributed by atoms with E-state index >= 15 is 0 Å². The first-order valence-corrected chi connectivity index (χ1v) is 7.95. The van der Waals surface area contributed by atoms with Crippen molar-refractivity contribution in [2.45, 2.75) is 33.8 Å². The molecule has 128 valence electrons. The van der Waals surface area contributed by atoms with Crippen molar-refractivity contribution >= 4 is 5.91 Å². The summed E-state index contributed by atoms with van der Waals surface area (Å²) in [5, 5.41) is 2.88. The molecular formula is C19H23FN2O2. The molecule has 4 nitrogen and oxygen atoms in total. The fourth-order valence-electron chi connectivity index (χ4n) is 2.04. The number of nitrogens with one attached hydrogen (secondary N) is 1. The number of ether oxygens (including phenoxy) is 1. The molecule has 1 heterocycles. The third kappa shape index (κ3) is 5.99. The summed E-state index contributed by atoms with van der Waals surface area (Å²) in [5.74, 6) is -0.0553. The van der Waals surface area contributed by atoms with Crippen LogP contribution in [0.4, 0.5) is 4.39 Å². The summed E-state index contributed by atoms with van der Waals surface area (Å²) in [4.78, 5) is 16.1. The Labute approximate surface area is 142 Å². The number of hydrogen-bond donors (Lipinski definition) is 1. The highest BCUT2D eigenvalue weighted by Gasteiger charge is 2.11. The van der Waals surface area contributed by atoms with Crippen LogP contribution in [-0.4, -0.2) is 17.4 Å². The van der Waals surface area contributed by atoms with Crippen LogP contribution in [0.15, 0.2) is 42.6 Å². The number of nitrogens with zero attached hydrogens (tertiary/aromatic N) is 1. The largest absolute Gasteiger partial charge is 0.473 e. The molecule has 0 saturated carbocycles. The van der Waals surface area contributed by atoms with Crippen molar-refractivity contribution in [3.05, 3.63) is 59.5 Å². The zero-order chi connectivity index (χ0) is 17.6. The van der Waals surface area contributed by atoms with Gasteiger partial charge in [0, 0.05) is 18.8 Å². The average Bonchev–Trinajstić information content (AvgIpc) is 2.52. The van der Waals surface area contributed by atoms with E-state index in [1.807, 2.05) is 0 Å². The molecule has 0 radical (unpaired) electrons. The van der Waals surface area contributed by atoms with E-state index in [4.69, 9.17) is 4.74 Å². The van der Waals surface area contributed by atoms with Gasteiger partial charge in [-0.1, -0.05) is 32.9 Å². The summed E-state index contributed by atoms with van der Waals surface area (Å²) >= 11 is 0. The van der Waals surface area contributed by atoms with Gasteiger partial charge in [0.15, 0.2) is 0 Å². The van der Waals surface area contributed by atoms with Gasteiger partial charge < -0.3 is 10.1 Å². The van der Waals surface area contributed by atoms with Crippen molar-refractivity contribution in [1.29, 1.82) is 0 Å². The minimum absolute atomic E-state index is 0.150. The predicted octanol–water partition coefficient (Wildman–Crippen LogP) is 3.97. The number of rotatable bonds is 6. The van der Waals surface area contributed by atoms with Crippen molar-refractivity contribution in [1.82, 2.24) is 10.3 Å². The van der Waals surface area contributed by atoms with Gasteiger partial charge in [0.1, 0.15) is 12.4 Å². The maximum Gasteiger partial charge on any atom is 0.252 e. The molecule has 0 unspecified atom stereocenters. The zero-order valence-electron chi connectivity index (χ0n) is 14.3. The maximum absolute atomic E-state index is 13.1. The van der Waals surface area contributed by atoms with Crippen molar-refractivity contribution in [2.24, 2.45) is 5.41 Å². The van der Waals surface area contributed by atoms with E-state index in [-0.39, 0.29) is 23.7 Å². The molecular weight excluding hydrogens is 307 g/mol. The van der Waals surface area contributed by atoms with Gasteiger partial charge in [-0.3, -0.25) is 4.79 Å². The Kier molecular flexibility index (Phi) is 5.90. The Bertz CT molecular complexity index is 679. The van der Waals surface area contributed by atoms with Crippen molar-refractivity contribution < 1.29 is 13.9 Å². The third-order valence-corrected chi connectivity index (χ3v) is 3.43. The number of halogens is 1. The first kappa shape index (κ1) is 17.9. The quantitative estimate of drug-likeness (QED) is 0.872. The van der Waals surface area contributed by atoms with Gasteiger partial charge in [-0.25, -0.2) is 9.37 Å². The standard InChI is InChI=1S/C19H23FN2O2/c1-19(2,3)9-10-21-18(23)15-7-8-17(22-12-15)24-13-14-5-4-6-16(20)11-14/h4-8,11-12H,9-10,13H2,1-3H3,(H,21,23). The summed E-state index contributed by atoms with van der Waals surface area (Å²) in [6.45, 7) is 7.24. The molecule has 0 fully saturated rings. The highest BCUT2D eigenvalue weighted by molar-refractivity contribution is 5.93. The second-order valence-electron chi connectivity index (χ2n) is 6.87. The smallest absolute Gasteiger partial charge is 0.252 e. The fraction of sp³-hybridized carbons (Fsp3) is 0.368. The summed E-state index contributed by atoms with van der Waals surface area (Å²) in [5.41, 5.74) is 1.39. The Hall–Kier alpha value is -2.43. The molecule has 2 rings (SSSR count). The van der Waals surface area contributed by atoms with Crippen LogP contribution in [0.1, 0.15) is 43.1 Å². The van der Waals surface area contributed by atoms with E-state index in [0.29, 0.717) is 18.0 Å². The van der Waals surface area contributed by atoms with Crippen LogP contribution >= 0.6 is 0 Å². The Morgan fingerprint density at radius 3 is 2.67 bits per heavy atom. The topological polar surface area (TPSA) is 51.2 Å². The monoisotopic (exact) mass is 330 g/mol. The number of carbonyl (C=O) groups excluding carboxylic acids is 1. The van der Waals surface area contributed by atoms with Crippen molar-refractivity contribution in [2.75, 3.05) is 6.54 Å². The predicted molar refractivity (Wildman–Crippen MR) is 91.4 cm³/mol. The summed E-state index contributed by atoms with van der Waals surface area (Å²) in [6, 6.07) is 9.51.